The lowest BCUT2D eigenvalue weighted by Crippen LogP contribution is -2.32. The third-order valence-corrected chi connectivity index (χ3v) is 6.02. The SMILES string of the molecule is COCCN1C(=O)/C(=C/c2cc(Br)cc(I)c2O)SC1=Nc1ccccc1. The molecule has 1 aliphatic heterocycles. The zero-order valence-electron chi connectivity index (χ0n) is 14.4. The smallest absolute Gasteiger partial charge is 0.266 e. The van der Waals surface area contributed by atoms with Gasteiger partial charge in [-0.1, -0.05) is 34.1 Å². The number of methoxy groups -OCH3 is 1. The number of hydrogen-bond acceptors (Lipinski definition) is 5. The molecule has 140 valence electrons. The minimum Gasteiger partial charge on any atom is -0.506 e. The quantitative estimate of drug-likeness (QED) is 0.414. The van der Waals surface area contributed by atoms with Crippen molar-refractivity contribution in [3.63, 3.8) is 0 Å². The Kier molecular flexibility index (Phi) is 6.96. The Morgan fingerprint density at radius 3 is 2.78 bits per heavy atom. The summed E-state index contributed by atoms with van der Waals surface area (Å²) in [6, 6.07) is 13.1. The fourth-order valence-corrected chi connectivity index (χ4v) is 4.99. The van der Waals surface area contributed by atoms with Gasteiger partial charge in [-0.25, -0.2) is 4.99 Å². The van der Waals surface area contributed by atoms with Crippen LogP contribution in [0.4, 0.5) is 5.69 Å². The number of rotatable bonds is 5. The number of hydrogen-bond donors (Lipinski definition) is 1. The molecule has 1 aliphatic rings. The molecule has 27 heavy (non-hydrogen) atoms. The van der Waals surface area contributed by atoms with E-state index in [-0.39, 0.29) is 11.7 Å². The van der Waals surface area contributed by atoms with Gasteiger partial charge in [0.15, 0.2) is 5.17 Å². The molecular weight excluding hydrogens is 543 g/mol. The molecule has 3 rings (SSSR count). The minimum absolute atomic E-state index is 0.150. The number of carbonyl (C=O) groups is 1. The first-order valence-corrected chi connectivity index (χ1v) is 10.7. The molecule has 0 atom stereocenters. The molecule has 1 fully saturated rings. The van der Waals surface area contributed by atoms with Crippen LogP contribution in [0.25, 0.3) is 6.08 Å². The summed E-state index contributed by atoms with van der Waals surface area (Å²) in [4.78, 5) is 19.6. The van der Waals surface area contributed by atoms with E-state index in [9.17, 15) is 9.90 Å². The van der Waals surface area contributed by atoms with Crippen molar-refractivity contribution in [3.8, 4) is 5.75 Å². The standard InChI is InChI=1S/C19H16BrIN2O3S/c1-26-8-7-23-18(25)16(10-12-9-13(20)11-15(21)17(12)24)27-19(23)22-14-5-3-2-4-6-14/h2-6,9-11,24H,7-8H2,1H3/b16-10-,22-19?. The van der Waals surface area contributed by atoms with Gasteiger partial charge in [0.25, 0.3) is 5.91 Å². The van der Waals surface area contributed by atoms with Crippen LogP contribution in [0.3, 0.4) is 0 Å². The van der Waals surface area contributed by atoms with E-state index in [4.69, 9.17) is 4.74 Å². The Morgan fingerprint density at radius 2 is 2.07 bits per heavy atom. The Hall–Kier alpha value is -1.36. The van der Waals surface area contributed by atoms with Crippen molar-refractivity contribution < 1.29 is 14.6 Å². The van der Waals surface area contributed by atoms with Gasteiger partial charge in [-0.15, -0.1) is 0 Å². The maximum atomic E-state index is 12.9. The molecule has 1 N–H and O–H groups in total. The molecule has 0 saturated carbocycles. The number of benzene rings is 2. The van der Waals surface area contributed by atoms with Crippen molar-refractivity contribution in [2.24, 2.45) is 4.99 Å². The van der Waals surface area contributed by atoms with Gasteiger partial charge in [-0.05, 0) is 64.7 Å². The predicted octanol–water partition coefficient (Wildman–Crippen LogP) is 5.01. The molecule has 1 heterocycles. The lowest BCUT2D eigenvalue weighted by molar-refractivity contribution is -0.122. The molecule has 2 aromatic carbocycles. The van der Waals surface area contributed by atoms with Gasteiger partial charge < -0.3 is 9.84 Å². The van der Waals surface area contributed by atoms with Gasteiger partial charge in [0.1, 0.15) is 5.75 Å². The van der Waals surface area contributed by atoms with Gasteiger partial charge >= 0.3 is 0 Å². The first-order chi connectivity index (χ1) is 13.0. The number of carbonyl (C=O) groups excluding carboxylic acids is 1. The van der Waals surface area contributed by atoms with Gasteiger partial charge in [0, 0.05) is 17.1 Å². The number of phenolic OH excluding ortho intramolecular Hbond substituents is 1. The van der Waals surface area contributed by atoms with Crippen molar-refractivity contribution in [1.82, 2.24) is 4.90 Å². The molecule has 0 radical (unpaired) electrons. The van der Waals surface area contributed by atoms with Crippen LogP contribution in [-0.2, 0) is 9.53 Å². The average Bonchev–Trinajstić information content (AvgIpc) is 2.93. The Morgan fingerprint density at radius 1 is 1.33 bits per heavy atom. The number of amides is 1. The molecule has 0 unspecified atom stereocenters. The topological polar surface area (TPSA) is 62.1 Å². The van der Waals surface area contributed by atoms with Gasteiger partial charge in [0.2, 0.25) is 0 Å². The molecule has 0 aromatic heterocycles. The summed E-state index contributed by atoms with van der Waals surface area (Å²) < 4.78 is 6.67. The zero-order chi connectivity index (χ0) is 19.4. The van der Waals surface area contributed by atoms with Gasteiger partial charge in [0.05, 0.1) is 27.3 Å². The molecule has 0 bridgehead atoms. The van der Waals surface area contributed by atoms with Crippen molar-refractivity contribution >= 4 is 73.1 Å². The number of amidine groups is 1. The van der Waals surface area contributed by atoms with E-state index in [2.05, 4.69) is 43.5 Å². The Labute approximate surface area is 183 Å². The number of para-hydroxylation sites is 1. The number of thioether (sulfide) groups is 1. The molecule has 0 spiro atoms. The van der Waals surface area contributed by atoms with Crippen LogP contribution in [0, 0.1) is 3.57 Å². The van der Waals surface area contributed by atoms with E-state index in [1.807, 2.05) is 36.4 Å². The van der Waals surface area contributed by atoms with Crippen molar-refractivity contribution in [1.29, 1.82) is 0 Å². The maximum absolute atomic E-state index is 12.9. The van der Waals surface area contributed by atoms with E-state index >= 15 is 0 Å². The number of nitrogens with zero attached hydrogens (tertiary/aromatic N) is 2. The molecule has 5 nitrogen and oxygen atoms in total. The summed E-state index contributed by atoms with van der Waals surface area (Å²) in [5.41, 5.74) is 1.36. The number of halogens is 2. The first kappa shape index (κ1) is 20.4. The third kappa shape index (κ3) is 4.92. The molecule has 8 heteroatoms. The molecule has 1 saturated heterocycles. The predicted molar refractivity (Wildman–Crippen MR) is 121 cm³/mol. The summed E-state index contributed by atoms with van der Waals surface area (Å²) in [6.07, 6.45) is 1.70. The van der Waals surface area contributed by atoms with Crippen LogP contribution >= 0.6 is 50.3 Å². The molecule has 0 aliphatic carbocycles. The van der Waals surface area contributed by atoms with Crippen LogP contribution in [0.5, 0.6) is 5.75 Å². The van der Waals surface area contributed by atoms with E-state index in [0.29, 0.717) is 32.4 Å². The fourth-order valence-electron chi connectivity index (χ4n) is 2.42. The second kappa shape index (κ2) is 9.22. The zero-order valence-corrected chi connectivity index (χ0v) is 18.9. The minimum atomic E-state index is -0.152. The van der Waals surface area contributed by atoms with E-state index < -0.39 is 0 Å². The fraction of sp³-hybridized carbons (Fsp3) is 0.158. The Bertz CT molecular complexity index is 919. The van der Waals surface area contributed by atoms with Crippen LogP contribution in [0.2, 0.25) is 0 Å². The number of aromatic hydroxyl groups is 1. The van der Waals surface area contributed by atoms with Gasteiger partial charge in [-0.3, -0.25) is 9.69 Å². The normalized spacial score (nSPS) is 17.3. The molecule has 1 amide bonds. The molecule has 2 aromatic rings. The van der Waals surface area contributed by atoms with Crippen LogP contribution in [0.1, 0.15) is 5.56 Å². The second-order valence-corrected chi connectivity index (χ2v) is 8.70. The lowest BCUT2D eigenvalue weighted by atomic mass is 10.2. The summed E-state index contributed by atoms with van der Waals surface area (Å²) >= 11 is 6.77. The Balaban J connectivity index is 1.98. The third-order valence-electron chi connectivity index (χ3n) is 3.73. The van der Waals surface area contributed by atoms with Gasteiger partial charge in [-0.2, -0.15) is 0 Å². The van der Waals surface area contributed by atoms with Crippen LogP contribution < -0.4 is 0 Å². The summed E-state index contributed by atoms with van der Waals surface area (Å²) in [5.74, 6) is -0.00213. The summed E-state index contributed by atoms with van der Waals surface area (Å²) in [6.45, 7) is 0.820. The van der Waals surface area contributed by atoms with Crippen molar-refractivity contribution in [2.45, 2.75) is 0 Å². The monoisotopic (exact) mass is 558 g/mol. The van der Waals surface area contributed by atoms with Crippen LogP contribution in [0.15, 0.2) is 56.8 Å². The maximum Gasteiger partial charge on any atom is 0.266 e. The first-order valence-electron chi connectivity index (χ1n) is 8.01. The van der Waals surface area contributed by atoms with E-state index in [1.165, 1.54) is 11.8 Å². The van der Waals surface area contributed by atoms with Crippen molar-refractivity contribution in [2.75, 3.05) is 20.3 Å². The highest BCUT2D eigenvalue weighted by atomic mass is 127. The average molecular weight is 559 g/mol. The van der Waals surface area contributed by atoms with Crippen LogP contribution in [-0.4, -0.2) is 41.3 Å². The van der Waals surface area contributed by atoms with E-state index in [0.717, 1.165) is 10.2 Å². The number of ether oxygens (including phenoxy) is 1. The largest absolute Gasteiger partial charge is 0.506 e. The highest BCUT2D eigenvalue weighted by Crippen LogP contribution is 2.37. The van der Waals surface area contributed by atoms with E-state index in [1.54, 1.807) is 24.2 Å². The van der Waals surface area contributed by atoms with Crippen molar-refractivity contribution in [3.05, 3.63) is 61.0 Å². The second-order valence-electron chi connectivity index (χ2n) is 5.62. The highest BCUT2D eigenvalue weighted by molar-refractivity contribution is 14.1. The number of aliphatic imine (C=N–C) groups is 1. The summed E-state index contributed by atoms with van der Waals surface area (Å²) in [7, 11) is 1.60. The number of phenols is 1. The molecular formula is C19H16BrIN2O3S. The highest BCUT2D eigenvalue weighted by Gasteiger charge is 2.33. The lowest BCUT2D eigenvalue weighted by Gasteiger charge is -2.14. The summed E-state index contributed by atoms with van der Waals surface area (Å²) in [5, 5.41) is 10.9.